The van der Waals surface area contributed by atoms with Crippen LogP contribution in [0, 0.1) is 6.92 Å². The molecule has 26 heavy (non-hydrogen) atoms. The van der Waals surface area contributed by atoms with Crippen molar-refractivity contribution in [2.45, 2.75) is 30.6 Å². The molecule has 9 heteroatoms. The fourth-order valence-electron chi connectivity index (χ4n) is 3.36. The van der Waals surface area contributed by atoms with E-state index in [4.69, 9.17) is 0 Å². The van der Waals surface area contributed by atoms with Gasteiger partial charge >= 0.3 is 5.97 Å². The molecule has 1 aliphatic rings. The molecular formula is C17H22N4O4S. The average molecular weight is 378 g/mol. The van der Waals surface area contributed by atoms with Gasteiger partial charge in [-0.15, -0.1) is 10.2 Å². The van der Waals surface area contributed by atoms with E-state index >= 15 is 0 Å². The van der Waals surface area contributed by atoms with E-state index in [-0.39, 0.29) is 10.8 Å². The third-order valence-electron chi connectivity index (χ3n) is 4.71. The lowest BCUT2D eigenvalue weighted by molar-refractivity contribution is 0.0600. The Morgan fingerprint density at radius 3 is 2.73 bits per heavy atom. The summed E-state index contributed by atoms with van der Waals surface area (Å²) in [5, 5.41) is 8.02. The Bertz CT molecular complexity index is 923. The highest BCUT2D eigenvalue weighted by molar-refractivity contribution is 7.89. The van der Waals surface area contributed by atoms with Crippen molar-refractivity contribution in [3.63, 3.8) is 0 Å². The van der Waals surface area contributed by atoms with Crippen LogP contribution in [0.2, 0.25) is 0 Å². The number of nitrogens with zero attached hydrogens (tertiary/aromatic N) is 4. The molecule has 3 rings (SSSR count). The Morgan fingerprint density at radius 2 is 2.12 bits per heavy atom. The van der Waals surface area contributed by atoms with E-state index in [1.54, 1.807) is 19.3 Å². The standard InChI is InChI=1S/C17H22N4O4S/c1-12-9-13(17(22)25-3)6-7-15(12)26(23,24)21-8-4-5-14(10-21)16-19-18-11-20(16)2/h6-7,9,11,14H,4-5,8,10H2,1-3H3/t14-/m1/s1. The first-order valence-corrected chi connectivity index (χ1v) is 9.81. The molecule has 8 nitrogen and oxygen atoms in total. The van der Waals surface area contributed by atoms with Crippen LogP contribution in [0.1, 0.15) is 40.5 Å². The van der Waals surface area contributed by atoms with Gasteiger partial charge in [-0.1, -0.05) is 0 Å². The van der Waals surface area contributed by atoms with Gasteiger partial charge in [0.15, 0.2) is 0 Å². The Kier molecular flexibility index (Phi) is 5.10. The Balaban J connectivity index is 1.88. The van der Waals surface area contributed by atoms with E-state index in [0.717, 1.165) is 18.7 Å². The molecule has 0 spiro atoms. The summed E-state index contributed by atoms with van der Waals surface area (Å²) in [5.74, 6) is 0.320. The minimum atomic E-state index is -3.65. The second-order valence-electron chi connectivity index (χ2n) is 6.47. The number of piperidine rings is 1. The summed E-state index contributed by atoms with van der Waals surface area (Å²) >= 11 is 0. The maximum atomic E-state index is 13.1. The quantitative estimate of drug-likeness (QED) is 0.748. The van der Waals surface area contributed by atoms with Gasteiger partial charge in [0.05, 0.1) is 17.6 Å². The fraction of sp³-hybridized carbons (Fsp3) is 0.471. The third-order valence-corrected chi connectivity index (χ3v) is 6.73. The van der Waals surface area contributed by atoms with Crippen molar-refractivity contribution in [2.75, 3.05) is 20.2 Å². The first-order valence-electron chi connectivity index (χ1n) is 8.37. The molecule has 2 heterocycles. The van der Waals surface area contributed by atoms with Crippen LogP contribution in [0.25, 0.3) is 0 Å². The van der Waals surface area contributed by atoms with Crippen LogP contribution in [0.5, 0.6) is 0 Å². The van der Waals surface area contributed by atoms with E-state index < -0.39 is 16.0 Å². The van der Waals surface area contributed by atoms with Crippen LogP contribution >= 0.6 is 0 Å². The van der Waals surface area contributed by atoms with Gasteiger partial charge in [0.2, 0.25) is 10.0 Å². The van der Waals surface area contributed by atoms with E-state index in [2.05, 4.69) is 14.9 Å². The zero-order valence-corrected chi connectivity index (χ0v) is 15.9. The largest absolute Gasteiger partial charge is 0.465 e. The monoisotopic (exact) mass is 378 g/mol. The molecule has 0 radical (unpaired) electrons. The molecule has 1 aromatic heterocycles. The fourth-order valence-corrected chi connectivity index (χ4v) is 5.09. The van der Waals surface area contributed by atoms with Crippen molar-refractivity contribution in [1.29, 1.82) is 0 Å². The number of benzene rings is 1. The maximum absolute atomic E-state index is 13.1. The molecular weight excluding hydrogens is 356 g/mol. The second-order valence-corrected chi connectivity index (χ2v) is 8.38. The summed E-state index contributed by atoms with van der Waals surface area (Å²) in [6.07, 6.45) is 3.26. The first kappa shape index (κ1) is 18.5. The summed E-state index contributed by atoms with van der Waals surface area (Å²) in [6, 6.07) is 4.50. The molecule has 1 fully saturated rings. The second kappa shape index (κ2) is 7.16. The van der Waals surface area contributed by atoms with Crippen LogP contribution in [-0.2, 0) is 21.8 Å². The molecule has 0 amide bonds. The van der Waals surface area contributed by atoms with Crippen molar-refractivity contribution in [2.24, 2.45) is 7.05 Å². The number of aromatic nitrogens is 3. The average Bonchev–Trinajstić information content (AvgIpc) is 3.06. The Morgan fingerprint density at radius 1 is 1.35 bits per heavy atom. The summed E-state index contributed by atoms with van der Waals surface area (Å²) < 4.78 is 34.3. The van der Waals surface area contributed by atoms with Crippen molar-refractivity contribution in [3.8, 4) is 0 Å². The van der Waals surface area contributed by atoms with Crippen molar-refractivity contribution in [3.05, 3.63) is 41.5 Å². The molecule has 2 aromatic rings. The number of ether oxygens (including phenoxy) is 1. The summed E-state index contributed by atoms with van der Waals surface area (Å²) in [6.45, 7) is 2.52. The van der Waals surface area contributed by atoms with Crippen LogP contribution in [0.15, 0.2) is 29.4 Å². The molecule has 1 saturated heterocycles. The van der Waals surface area contributed by atoms with Gasteiger partial charge in [0.1, 0.15) is 12.2 Å². The number of carbonyl (C=O) groups is 1. The van der Waals surface area contributed by atoms with Gasteiger partial charge in [-0.2, -0.15) is 4.31 Å². The predicted octanol–water partition coefficient (Wildman–Crippen LogP) is 1.48. The Hall–Kier alpha value is -2.26. The number of hydrogen-bond acceptors (Lipinski definition) is 6. The van der Waals surface area contributed by atoms with E-state index in [1.165, 1.54) is 23.5 Å². The normalized spacial score (nSPS) is 18.7. The molecule has 1 atom stereocenters. The van der Waals surface area contributed by atoms with Gasteiger partial charge in [0.25, 0.3) is 0 Å². The molecule has 0 bridgehead atoms. The SMILES string of the molecule is COC(=O)c1ccc(S(=O)(=O)N2CCC[C@@H](c3nncn3C)C2)c(C)c1. The highest BCUT2D eigenvalue weighted by atomic mass is 32.2. The maximum Gasteiger partial charge on any atom is 0.337 e. The lowest BCUT2D eigenvalue weighted by atomic mass is 9.99. The number of rotatable bonds is 4. The number of aryl methyl sites for hydroxylation is 2. The predicted molar refractivity (Wildman–Crippen MR) is 94.3 cm³/mol. The molecule has 1 aliphatic heterocycles. The topological polar surface area (TPSA) is 94.4 Å². The molecule has 0 aliphatic carbocycles. The van der Waals surface area contributed by atoms with Gasteiger partial charge in [0, 0.05) is 26.1 Å². The Labute approximate surface area is 152 Å². The lowest BCUT2D eigenvalue weighted by Crippen LogP contribution is -2.40. The van der Waals surface area contributed by atoms with Gasteiger partial charge in [-0.3, -0.25) is 0 Å². The highest BCUT2D eigenvalue weighted by Crippen LogP contribution is 2.30. The zero-order valence-electron chi connectivity index (χ0n) is 15.0. The number of esters is 1. The van der Waals surface area contributed by atoms with Crippen molar-refractivity contribution in [1.82, 2.24) is 19.1 Å². The van der Waals surface area contributed by atoms with Crippen LogP contribution in [-0.4, -0.2) is 53.7 Å². The number of carbonyl (C=O) groups excluding carboxylic acids is 1. The number of hydrogen-bond donors (Lipinski definition) is 0. The molecule has 0 saturated carbocycles. The highest BCUT2D eigenvalue weighted by Gasteiger charge is 2.33. The van der Waals surface area contributed by atoms with Gasteiger partial charge < -0.3 is 9.30 Å². The minimum Gasteiger partial charge on any atom is -0.465 e. The number of methoxy groups -OCH3 is 1. The van der Waals surface area contributed by atoms with Gasteiger partial charge in [-0.05, 0) is 43.5 Å². The number of sulfonamides is 1. The minimum absolute atomic E-state index is 0.0145. The lowest BCUT2D eigenvalue weighted by Gasteiger charge is -2.31. The van der Waals surface area contributed by atoms with E-state index in [1.807, 2.05) is 11.6 Å². The van der Waals surface area contributed by atoms with Crippen LogP contribution < -0.4 is 0 Å². The van der Waals surface area contributed by atoms with Crippen molar-refractivity contribution >= 4 is 16.0 Å². The van der Waals surface area contributed by atoms with Crippen LogP contribution in [0.4, 0.5) is 0 Å². The van der Waals surface area contributed by atoms with Gasteiger partial charge in [-0.25, -0.2) is 13.2 Å². The van der Waals surface area contributed by atoms with Crippen LogP contribution in [0.3, 0.4) is 0 Å². The summed E-state index contributed by atoms with van der Waals surface area (Å²) in [5.41, 5.74) is 0.855. The molecule has 0 unspecified atom stereocenters. The molecule has 140 valence electrons. The van der Waals surface area contributed by atoms with Crippen molar-refractivity contribution < 1.29 is 17.9 Å². The smallest absolute Gasteiger partial charge is 0.337 e. The third kappa shape index (κ3) is 3.36. The first-order chi connectivity index (χ1) is 12.3. The molecule has 1 aromatic carbocycles. The summed E-state index contributed by atoms with van der Waals surface area (Å²) in [4.78, 5) is 11.8. The van der Waals surface area contributed by atoms with E-state index in [9.17, 15) is 13.2 Å². The molecule has 0 N–H and O–H groups in total. The van der Waals surface area contributed by atoms with E-state index in [0.29, 0.717) is 24.2 Å². The zero-order chi connectivity index (χ0) is 18.9. The summed E-state index contributed by atoms with van der Waals surface area (Å²) in [7, 11) is -0.501.